The minimum Gasteiger partial charge on any atom is -0.344 e. The molecule has 3 heterocycles. The SMILES string of the molecule is CCC[C@@H](NC(=O)c1cc(-c2cnn(-c3ccc(F)cc3)c2C)nc2ccccc12)c1cccs1. The molecule has 0 unspecified atom stereocenters. The van der Waals surface area contributed by atoms with Crippen LogP contribution in [0.1, 0.15) is 46.7 Å². The van der Waals surface area contributed by atoms with Gasteiger partial charge in [0.15, 0.2) is 0 Å². The molecule has 0 saturated heterocycles. The van der Waals surface area contributed by atoms with Gasteiger partial charge in [-0.2, -0.15) is 5.10 Å². The highest BCUT2D eigenvalue weighted by Crippen LogP contribution is 2.29. The molecule has 7 heteroatoms. The molecule has 35 heavy (non-hydrogen) atoms. The van der Waals surface area contributed by atoms with Crippen LogP contribution in [0.2, 0.25) is 0 Å². The number of nitrogens with one attached hydrogen (secondary N) is 1. The molecule has 5 aromatic rings. The molecule has 0 aliphatic heterocycles. The number of para-hydroxylation sites is 1. The number of carbonyl (C=O) groups is 1. The smallest absolute Gasteiger partial charge is 0.252 e. The fraction of sp³-hybridized carbons (Fsp3) is 0.179. The molecule has 5 rings (SSSR count). The second kappa shape index (κ2) is 9.80. The number of benzene rings is 2. The third kappa shape index (κ3) is 4.59. The van der Waals surface area contributed by atoms with Crippen LogP contribution in [-0.4, -0.2) is 20.7 Å². The zero-order valence-electron chi connectivity index (χ0n) is 19.5. The molecule has 1 amide bonds. The van der Waals surface area contributed by atoms with Crippen LogP contribution < -0.4 is 5.32 Å². The first-order valence-electron chi connectivity index (χ1n) is 11.6. The summed E-state index contributed by atoms with van der Waals surface area (Å²) in [4.78, 5) is 19.6. The number of halogens is 1. The summed E-state index contributed by atoms with van der Waals surface area (Å²) in [6.07, 6.45) is 3.57. The van der Waals surface area contributed by atoms with E-state index < -0.39 is 0 Å². The van der Waals surface area contributed by atoms with Gasteiger partial charge >= 0.3 is 0 Å². The number of thiophene rings is 1. The van der Waals surface area contributed by atoms with Crippen molar-refractivity contribution in [2.75, 3.05) is 0 Å². The first-order valence-corrected chi connectivity index (χ1v) is 12.5. The highest BCUT2D eigenvalue weighted by Gasteiger charge is 2.20. The van der Waals surface area contributed by atoms with Gasteiger partial charge in [-0.15, -0.1) is 11.3 Å². The molecule has 0 bridgehead atoms. The highest BCUT2D eigenvalue weighted by atomic mass is 32.1. The second-order valence-corrected chi connectivity index (χ2v) is 9.41. The molecule has 1 N–H and O–H groups in total. The number of aromatic nitrogens is 3. The highest BCUT2D eigenvalue weighted by molar-refractivity contribution is 7.10. The summed E-state index contributed by atoms with van der Waals surface area (Å²) in [5, 5.41) is 10.6. The van der Waals surface area contributed by atoms with E-state index in [0.717, 1.165) is 45.6 Å². The molecular weight excluding hydrogens is 459 g/mol. The summed E-state index contributed by atoms with van der Waals surface area (Å²) in [6, 6.07) is 19.7. The lowest BCUT2D eigenvalue weighted by Gasteiger charge is -2.18. The van der Waals surface area contributed by atoms with Crippen molar-refractivity contribution in [2.24, 2.45) is 0 Å². The number of hydrogen-bond acceptors (Lipinski definition) is 4. The van der Waals surface area contributed by atoms with Crippen molar-refractivity contribution in [3.8, 4) is 16.9 Å². The van der Waals surface area contributed by atoms with Crippen LogP contribution in [0, 0.1) is 12.7 Å². The number of amides is 1. The minimum atomic E-state index is -0.297. The quantitative estimate of drug-likeness (QED) is 0.274. The van der Waals surface area contributed by atoms with Gasteiger partial charge in [0, 0.05) is 15.8 Å². The van der Waals surface area contributed by atoms with Gasteiger partial charge in [0.1, 0.15) is 5.82 Å². The van der Waals surface area contributed by atoms with Crippen LogP contribution in [0.5, 0.6) is 0 Å². The van der Waals surface area contributed by atoms with Crippen molar-refractivity contribution in [1.29, 1.82) is 0 Å². The number of pyridine rings is 1. The van der Waals surface area contributed by atoms with Crippen molar-refractivity contribution in [3.05, 3.63) is 100 Å². The van der Waals surface area contributed by atoms with Gasteiger partial charge in [-0.1, -0.05) is 37.6 Å². The molecule has 1 atom stereocenters. The van der Waals surface area contributed by atoms with Crippen molar-refractivity contribution in [1.82, 2.24) is 20.1 Å². The number of carbonyl (C=O) groups excluding carboxylic acids is 1. The Balaban J connectivity index is 1.56. The molecule has 0 aliphatic rings. The van der Waals surface area contributed by atoms with Gasteiger partial charge in [-0.3, -0.25) is 4.79 Å². The number of hydrogen-bond donors (Lipinski definition) is 1. The summed E-state index contributed by atoms with van der Waals surface area (Å²) in [5.41, 5.74) is 4.42. The van der Waals surface area contributed by atoms with Crippen molar-refractivity contribution in [3.63, 3.8) is 0 Å². The Labute approximate surface area is 207 Å². The largest absolute Gasteiger partial charge is 0.344 e. The van der Waals surface area contributed by atoms with E-state index in [1.54, 1.807) is 34.3 Å². The molecule has 0 spiro atoms. The van der Waals surface area contributed by atoms with E-state index in [9.17, 15) is 9.18 Å². The lowest BCUT2D eigenvalue weighted by molar-refractivity contribution is 0.0937. The summed E-state index contributed by atoms with van der Waals surface area (Å²) >= 11 is 1.65. The van der Waals surface area contributed by atoms with Gasteiger partial charge in [0.2, 0.25) is 0 Å². The number of fused-ring (bicyclic) bond motifs is 1. The Morgan fingerprint density at radius 1 is 1.11 bits per heavy atom. The van der Waals surface area contributed by atoms with E-state index in [4.69, 9.17) is 4.98 Å². The third-order valence-electron chi connectivity index (χ3n) is 6.09. The van der Waals surface area contributed by atoms with Gasteiger partial charge < -0.3 is 5.32 Å². The fourth-order valence-corrected chi connectivity index (χ4v) is 5.12. The maximum atomic E-state index is 13.6. The van der Waals surface area contributed by atoms with Crippen LogP contribution in [0.3, 0.4) is 0 Å². The third-order valence-corrected chi connectivity index (χ3v) is 7.07. The predicted octanol–water partition coefficient (Wildman–Crippen LogP) is 6.87. The van der Waals surface area contributed by atoms with Gasteiger partial charge in [0.25, 0.3) is 5.91 Å². The monoisotopic (exact) mass is 484 g/mol. The molecular formula is C28H25FN4OS. The van der Waals surface area contributed by atoms with E-state index in [2.05, 4.69) is 23.4 Å². The molecule has 176 valence electrons. The Hall–Kier alpha value is -3.84. The van der Waals surface area contributed by atoms with Gasteiger partial charge in [0.05, 0.1) is 40.4 Å². The maximum Gasteiger partial charge on any atom is 0.252 e. The van der Waals surface area contributed by atoms with Gasteiger partial charge in [-0.25, -0.2) is 14.1 Å². The zero-order valence-corrected chi connectivity index (χ0v) is 20.3. The van der Waals surface area contributed by atoms with Crippen LogP contribution in [0.15, 0.2) is 78.3 Å². The fourth-order valence-electron chi connectivity index (χ4n) is 4.30. The van der Waals surface area contributed by atoms with Crippen molar-refractivity contribution >= 4 is 28.1 Å². The zero-order chi connectivity index (χ0) is 24.4. The molecule has 0 fully saturated rings. The topological polar surface area (TPSA) is 59.8 Å². The Bertz CT molecular complexity index is 1480. The summed E-state index contributed by atoms with van der Waals surface area (Å²) in [6.45, 7) is 4.06. The molecule has 0 aliphatic carbocycles. The van der Waals surface area contributed by atoms with E-state index in [1.165, 1.54) is 12.1 Å². The summed E-state index contributed by atoms with van der Waals surface area (Å²) in [5.74, 6) is -0.421. The number of nitrogens with zero attached hydrogens (tertiary/aromatic N) is 3. The predicted molar refractivity (Wildman–Crippen MR) is 138 cm³/mol. The summed E-state index contributed by atoms with van der Waals surface area (Å²) in [7, 11) is 0. The molecule has 3 aromatic heterocycles. The second-order valence-electron chi connectivity index (χ2n) is 8.43. The van der Waals surface area contributed by atoms with Crippen LogP contribution in [-0.2, 0) is 0 Å². The standard InChI is InChI=1S/C28H25FN4OS/c1-3-7-25(27-10-6-15-35-27)32-28(34)22-16-26(31-24-9-5-4-8-21(22)24)23-17-30-33(18(23)2)20-13-11-19(29)12-14-20/h4-6,8-17,25H,3,7H2,1-2H3,(H,32,34)/t25-/m1/s1. The first kappa shape index (κ1) is 22.9. The van der Waals surface area contributed by atoms with E-state index in [-0.39, 0.29) is 17.8 Å². The van der Waals surface area contributed by atoms with Gasteiger partial charge in [-0.05, 0) is 61.2 Å². The lowest BCUT2D eigenvalue weighted by atomic mass is 10.0. The van der Waals surface area contributed by atoms with E-state index >= 15 is 0 Å². The van der Waals surface area contributed by atoms with E-state index in [0.29, 0.717) is 11.3 Å². The molecule has 5 nitrogen and oxygen atoms in total. The Morgan fingerprint density at radius 2 is 1.91 bits per heavy atom. The van der Waals surface area contributed by atoms with Crippen LogP contribution in [0.4, 0.5) is 4.39 Å². The molecule has 0 saturated carbocycles. The molecule has 2 aromatic carbocycles. The number of rotatable bonds is 7. The lowest BCUT2D eigenvalue weighted by Crippen LogP contribution is -2.28. The average molecular weight is 485 g/mol. The van der Waals surface area contributed by atoms with Crippen molar-refractivity contribution < 1.29 is 9.18 Å². The van der Waals surface area contributed by atoms with Crippen LogP contribution in [0.25, 0.3) is 27.8 Å². The summed E-state index contributed by atoms with van der Waals surface area (Å²) < 4.78 is 15.1. The first-order chi connectivity index (χ1) is 17.0. The Morgan fingerprint density at radius 3 is 2.66 bits per heavy atom. The van der Waals surface area contributed by atoms with Crippen molar-refractivity contribution in [2.45, 2.75) is 32.7 Å². The maximum absolute atomic E-state index is 13.6. The minimum absolute atomic E-state index is 0.0363. The normalized spacial score (nSPS) is 12.1. The molecule has 0 radical (unpaired) electrons. The average Bonchev–Trinajstić information content (AvgIpc) is 3.54. The Kier molecular flexibility index (Phi) is 6.42. The van der Waals surface area contributed by atoms with E-state index in [1.807, 2.05) is 48.7 Å². The van der Waals surface area contributed by atoms with Crippen LogP contribution >= 0.6 is 11.3 Å².